The van der Waals surface area contributed by atoms with Crippen LogP contribution in [0.4, 0.5) is 0 Å². The number of H-pyrrole nitrogens is 1. The fourth-order valence-corrected chi connectivity index (χ4v) is 9.73. The summed E-state index contributed by atoms with van der Waals surface area (Å²) in [6, 6.07) is 3.46. The highest BCUT2D eigenvalue weighted by Gasteiger charge is 2.69. The Morgan fingerprint density at radius 3 is 2.34 bits per heavy atom. The normalized spacial score (nSPS) is 32.4. The van der Waals surface area contributed by atoms with Crippen LogP contribution in [0, 0.1) is 29.6 Å². The molecule has 2 saturated carbocycles. The Labute approximate surface area is 207 Å². The van der Waals surface area contributed by atoms with Crippen LogP contribution in [0.15, 0.2) is 22.0 Å². The number of aromatic nitrogens is 1. The highest BCUT2D eigenvalue weighted by molar-refractivity contribution is 8.00. The molecule has 1 aromatic heterocycles. The Bertz CT molecular complexity index is 1310. The van der Waals surface area contributed by atoms with E-state index in [4.69, 9.17) is 9.47 Å². The summed E-state index contributed by atoms with van der Waals surface area (Å²) in [4.78, 5) is 54.5. The van der Waals surface area contributed by atoms with Gasteiger partial charge in [-0.1, -0.05) is 11.3 Å². The van der Waals surface area contributed by atoms with Gasteiger partial charge < -0.3 is 24.7 Å². The number of imide groups is 1. The van der Waals surface area contributed by atoms with Crippen LogP contribution in [0.5, 0.6) is 17.2 Å². The van der Waals surface area contributed by atoms with Crippen molar-refractivity contribution in [3.05, 3.63) is 32.2 Å². The van der Waals surface area contributed by atoms with Gasteiger partial charge in [0, 0.05) is 16.0 Å². The van der Waals surface area contributed by atoms with E-state index in [2.05, 4.69) is 4.98 Å². The smallest absolute Gasteiger partial charge is 0.323 e. The number of aromatic hydroxyl groups is 1. The number of phenolic OH excluding ortho intramolecular Hbond substituents is 1. The van der Waals surface area contributed by atoms with Gasteiger partial charge in [-0.05, 0) is 41.9 Å². The number of methoxy groups -OCH3 is 2. The van der Waals surface area contributed by atoms with Crippen molar-refractivity contribution >= 4 is 40.9 Å². The van der Waals surface area contributed by atoms with Crippen molar-refractivity contribution in [3.63, 3.8) is 0 Å². The van der Waals surface area contributed by atoms with Crippen LogP contribution in [0.1, 0.15) is 22.8 Å². The summed E-state index contributed by atoms with van der Waals surface area (Å²) in [5.74, 6) is -3.36. The Hall–Kier alpha value is -2.99. The molecule has 12 heteroatoms. The lowest BCUT2D eigenvalue weighted by atomic mass is 9.68. The molecule has 3 heterocycles. The number of thioether (sulfide) groups is 1. The molecule has 184 valence electrons. The van der Waals surface area contributed by atoms with Gasteiger partial charge in [0.1, 0.15) is 6.54 Å². The number of nitrogens with one attached hydrogen (secondary N) is 1. The van der Waals surface area contributed by atoms with Gasteiger partial charge in [0.2, 0.25) is 17.6 Å². The number of phenols is 1. The largest absolute Gasteiger partial charge is 0.502 e. The molecule has 7 atom stereocenters. The van der Waals surface area contributed by atoms with Gasteiger partial charge in [0.25, 0.3) is 0 Å². The van der Waals surface area contributed by atoms with Crippen molar-refractivity contribution in [2.75, 3.05) is 20.8 Å². The second-order valence-corrected chi connectivity index (χ2v) is 11.6. The number of ether oxygens (including phenoxy) is 2. The molecule has 3 N–H and O–H groups in total. The zero-order chi connectivity index (χ0) is 24.8. The first-order chi connectivity index (χ1) is 16.7. The number of carboxylic acid groups (broad SMARTS) is 1. The van der Waals surface area contributed by atoms with E-state index in [1.807, 2.05) is 0 Å². The summed E-state index contributed by atoms with van der Waals surface area (Å²) in [5, 5.41) is 20.4. The van der Waals surface area contributed by atoms with E-state index in [-0.39, 0.29) is 51.0 Å². The quantitative estimate of drug-likeness (QED) is 0.504. The monoisotopic (exact) mass is 518 g/mol. The average molecular weight is 519 g/mol. The number of rotatable bonds is 5. The minimum absolute atomic E-state index is 0.0312. The van der Waals surface area contributed by atoms with Gasteiger partial charge in [0.15, 0.2) is 11.5 Å². The van der Waals surface area contributed by atoms with Crippen molar-refractivity contribution in [1.82, 2.24) is 9.88 Å². The maximum atomic E-state index is 13.2. The van der Waals surface area contributed by atoms with Crippen molar-refractivity contribution < 1.29 is 34.1 Å². The third-order valence-corrected chi connectivity index (χ3v) is 10.6. The molecule has 2 amide bonds. The van der Waals surface area contributed by atoms with Gasteiger partial charge in [-0.25, -0.2) is 0 Å². The van der Waals surface area contributed by atoms with Crippen LogP contribution in [0.3, 0.4) is 0 Å². The Balaban J connectivity index is 1.48. The number of aromatic amines is 1. The topological polar surface area (TPSA) is 146 Å². The first-order valence-corrected chi connectivity index (χ1v) is 12.9. The molecule has 1 saturated heterocycles. The molecule has 2 bridgehead atoms. The minimum Gasteiger partial charge on any atom is -0.502 e. The van der Waals surface area contributed by atoms with E-state index in [1.54, 1.807) is 23.9 Å². The number of carbonyl (C=O) groups is 3. The number of nitrogens with zero attached hydrogens (tertiary/aromatic N) is 1. The van der Waals surface area contributed by atoms with Gasteiger partial charge in [0.05, 0.1) is 31.1 Å². The molecule has 1 aromatic carbocycles. The average Bonchev–Trinajstić information content (AvgIpc) is 3.55. The van der Waals surface area contributed by atoms with Crippen molar-refractivity contribution in [2.45, 2.75) is 22.6 Å². The van der Waals surface area contributed by atoms with Crippen LogP contribution < -0.4 is 14.3 Å². The molecule has 35 heavy (non-hydrogen) atoms. The summed E-state index contributed by atoms with van der Waals surface area (Å²) in [5.41, 5.74) is 0.784. The number of amides is 2. The fourth-order valence-electron chi connectivity index (χ4n) is 6.84. The van der Waals surface area contributed by atoms with Gasteiger partial charge in [-0.2, -0.15) is 0 Å². The van der Waals surface area contributed by atoms with Crippen molar-refractivity contribution in [3.8, 4) is 17.2 Å². The molecule has 2 aliphatic heterocycles. The number of likely N-dealkylation sites (tertiary alicyclic amines) is 1. The van der Waals surface area contributed by atoms with Crippen molar-refractivity contribution in [1.29, 1.82) is 0 Å². The Kier molecular flexibility index (Phi) is 4.98. The summed E-state index contributed by atoms with van der Waals surface area (Å²) < 4.78 is 10.7. The molecule has 6 rings (SSSR count). The number of hydrogen-bond acceptors (Lipinski definition) is 9. The lowest BCUT2D eigenvalue weighted by Crippen LogP contribution is -2.42. The molecule has 0 unspecified atom stereocenters. The van der Waals surface area contributed by atoms with E-state index in [1.165, 1.54) is 14.2 Å². The SMILES string of the molecule is COc1cc([C@H]2c3sc(=O)[nH]c3S[C@@H]3[C@H]4C[C@@H]([C@@H]5C(=O)N(CC(=O)O)C(=O)[C@@H]45)[C@H]23)cc(OC)c1O. The second kappa shape index (κ2) is 7.76. The summed E-state index contributed by atoms with van der Waals surface area (Å²) >= 11 is 2.66. The maximum Gasteiger partial charge on any atom is 0.323 e. The third-order valence-electron chi connectivity index (χ3n) is 7.97. The first kappa shape index (κ1) is 22.5. The highest BCUT2D eigenvalue weighted by atomic mass is 32.2. The molecular weight excluding hydrogens is 496 g/mol. The standard InChI is InChI=1S/C23H22N2O8S2/c1-32-10-3-7(4-11(33-2)17(10)28)13-14-8-5-9(18(14)34-20-19(13)35-23(31)24-20)16-15(8)21(29)25(22(16)30)6-12(26)27/h3-4,8-9,13-16,18,28H,5-6H2,1-2H3,(H,24,31)(H,26,27)/t8-,9+,13-,14-,15+,16+,18-/m1/s1. The maximum absolute atomic E-state index is 13.2. The summed E-state index contributed by atoms with van der Waals surface area (Å²) in [7, 11) is 2.89. The van der Waals surface area contributed by atoms with Crippen LogP contribution >= 0.6 is 23.1 Å². The lowest BCUT2D eigenvalue weighted by molar-refractivity contribution is -0.149. The second-order valence-electron chi connectivity index (χ2n) is 9.39. The Morgan fingerprint density at radius 2 is 1.74 bits per heavy atom. The summed E-state index contributed by atoms with van der Waals surface area (Å²) in [6.07, 6.45) is 0.693. The molecule has 0 spiro atoms. The van der Waals surface area contributed by atoms with E-state index in [9.17, 15) is 29.4 Å². The molecule has 10 nitrogen and oxygen atoms in total. The van der Waals surface area contributed by atoms with Crippen LogP contribution in [0.2, 0.25) is 0 Å². The highest BCUT2D eigenvalue weighted by Crippen LogP contribution is 2.68. The van der Waals surface area contributed by atoms with Crippen molar-refractivity contribution in [2.24, 2.45) is 29.6 Å². The number of fused-ring (bicyclic) bond motifs is 9. The summed E-state index contributed by atoms with van der Waals surface area (Å²) in [6.45, 7) is -0.622. The lowest BCUT2D eigenvalue weighted by Gasteiger charge is -2.43. The number of aliphatic carboxylic acids is 1. The molecular formula is C23H22N2O8S2. The number of carbonyl (C=O) groups excluding carboxylic acids is 2. The van der Waals surface area contributed by atoms with E-state index < -0.39 is 36.2 Å². The number of thiazole rings is 1. The predicted molar refractivity (Wildman–Crippen MR) is 124 cm³/mol. The van der Waals surface area contributed by atoms with Gasteiger partial charge in [-0.15, -0.1) is 11.8 Å². The van der Waals surface area contributed by atoms with E-state index >= 15 is 0 Å². The van der Waals surface area contributed by atoms with Crippen LogP contribution in [0.25, 0.3) is 0 Å². The third kappa shape index (κ3) is 3.02. The number of benzene rings is 1. The molecule has 2 aromatic rings. The number of hydrogen-bond donors (Lipinski definition) is 3. The zero-order valence-corrected chi connectivity index (χ0v) is 20.4. The predicted octanol–water partition coefficient (Wildman–Crippen LogP) is 1.72. The number of carboxylic acids is 1. The molecule has 2 aliphatic carbocycles. The fraction of sp³-hybridized carbons (Fsp3) is 0.478. The minimum atomic E-state index is -1.22. The Morgan fingerprint density at radius 1 is 1.11 bits per heavy atom. The van der Waals surface area contributed by atoms with Crippen LogP contribution in [-0.4, -0.2) is 63.9 Å². The molecule has 4 aliphatic rings. The van der Waals surface area contributed by atoms with E-state index in [0.29, 0.717) is 6.42 Å². The molecule has 0 radical (unpaired) electrons. The zero-order valence-electron chi connectivity index (χ0n) is 18.7. The first-order valence-electron chi connectivity index (χ1n) is 11.2. The van der Waals surface area contributed by atoms with E-state index in [0.717, 1.165) is 31.7 Å². The van der Waals surface area contributed by atoms with Crippen LogP contribution in [-0.2, 0) is 14.4 Å². The molecule has 3 fully saturated rings. The van der Waals surface area contributed by atoms with Gasteiger partial charge >= 0.3 is 10.8 Å². The van der Waals surface area contributed by atoms with Gasteiger partial charge in [-0.3, -0.25) is 24.1 Å².